The molecule has 10 nitrogen and oxygen atoms in total. The number of thioether (sulfide) groups is 1. The zero-order valence-corrected chi connectivity index (χ0v) is 32.2. The molecule has 1 atom stereocenters. The smallest absolute Gasteiger partial charge is 0.234 e. The summed E-state index contributed by atoms with van der Waals surface area (Å²) in [4.78, 5) is 41.7. The van der Waals surface area contributed by atoms with Crippen molar-refractivity contribution in [2.75, 3.05) is 62.6 Å². The number of hydrogen-bond donors (Lipinski definition) is 1. The fourth-order valence-electron chi connectivity index (χ4n) is 6.86. The van der Waals surface area contributed by atoms with E-state index in [-0.39, 0.29) is 11.9 Å². The Kier molecular flexibility index (Phi) is 15.5. The van der Waals surface area contributed by atoms with Crippen LogP contribution in [0, 0.1) is 0 Å². The third-order valence-electron chi connectivity index (χ3n) is 9.73. The zero-order chi connectivity index (χ0) is 37.2. The first-order chi connectivity index (χ1) is 26.6. The highest BCUT2D eigenvalue weighted by atomic mass is 32.2. The molecule has 0 bridgehead atoms. The highest BCUT2D eigenvalue weighted by molar-refractivity contribution is 7.99. The van der Waals surface area contributed by atoms with Gasteiger partial charge >= 0.3 is 0 Å². The van der Waals surface area contributed by atoms with Crippen molar-refractivity contribution in [2.24, 2.45) is 0 Å². The molecule has 5 aromatic rings. The quantitative estimate of drug-likeness (QED) is 0.149. The molecule has 5 heterocycles. The van der Waals surface area contributed by atoms with E-state index >= 15 is 0 Å². The number of carbonyl (C=O) groups is 1. The number of amides is 1. The third kappa shape index (κ3) is 13.1. The second kappa shape index (κ2) is 21.4. The first kappa shape index (κ1) is 39.2. The number of anilines is 1. The molecule has 54 heavy (non-hydrogen) atoms. The van der Waals surface area contributed by atoms with Gasteiger partial charge in [0, 0.05) is 109 Å². The summed E-state index contributed by atoms with van der Waals surface area (Å²) < 4.78 is 0. The number of pyridine rings is 4. The number of aromatic nitrogens is 4. The Bertz CT molecular complexity index is 1790. The van der Waals surface area contributed by atoms with Gasteiger partial charge in [-0.3, -0.25) is 44.3 Å². The van der Waals surface area contributed by atoms with Crippen molar-refractivity contribution in [3.05, 3.63) is 150 Å². The zero-order valence-electron chi connectivity index (χ0n) is 31.4. The van der Waals surface area contributed by atoms with Crippen molar-refractivity contribution < 1.29 is 4.79 Å². The summed E-state index contributed by atoms with van der Waals surface area (Å²) in [6.45, 7) is 11.4. The molecule has 1 aliphatic heterocycles. The van der Waals surface area contributed by atoms with Crippen LogP contribution in [0.3, 0.4) is 0 Å². The summed E-state index contributed by atoms with van der Waals surface area (Å²) >= 11 is 1.63. The van der Waals surface area contributed by atoms with E-state index in [1.165, 1.54) is 5.56 Å². The predicted octanol–water partition coefficient (Wildman–Crippen LogP) is 5.89. The van der Waals surface area contributed by atoms with E-state index in [0.717, 1.165) is 113 Å². The van der Waals surface area contributed by atoms with Crippen molar-refractivity contribution >= 4 is 23.4 Å². The Morgan fingerprint density at radius 2 is 1.07 bits per heavy atom. The first-order valence-electron chi connectivity index (χ1n) is 19.1. The minimum atomic E-state index is 0.0352. The Balaban J connectivity index is 1.31. The van der Waals surface area contributed by atoms with Crippen molar-refractivity contribution in [3.8, 4) is 0 Å². The molecule has 11 heteroatoms. The van der Waals surface area contributed by atoms with Gasteiger partial charge in [0.1, 0.15) is 0 Å². The van der Waals surface area contributed by atoms with Crippen molar-refractivity contribution in [2.45, 2.75) is 45.6 Å². The van der Waals surface area contributed by atoms with E-state index in [2.05, 4.69) is 92.5 Å². The SMILES string of the molecule is CCSCC(=O)Nc1ccc(CC2CN(Cc3ccccn3)CCN(Cc3ccccn3)CCN(Cc3ccccn3)CCN2Cc2ccccn2)cc1. The fourth-order valence-corrected chi connectivity index (χ4v) is 7.32. The minimum Gasteiger partial charge on any atom is -0.325 e. The largest absolute Gasteiger partial charge is 0.325 e. The Hall–Kier alpha value is -4.52. The molecule has 0 aliphatic carbocycles. The maximum Gasteiger partial charge on any atom is 0.234 e. The van der Waals surface area contributed by atoms with Gasteiger partial charge in [-0.15, -0.1) is 0 Å². The summed E-state index contributed by atoms with van der Waals surface area (Å²) in [5.41, 5.74) is 6.36. The van der Waals surface area contributed by atoms with Gasteiger partial charge in [-0.25, -0.2) is 0 Å². The Morgan fingerprint density at radius 1 is 0.611 bits per heavy atom. The van der Waals surface area contributed by atoms with E-state index in [0.29, 0.717) is 5.75 Å². The second-order valence-corrected chi connectivity index (χ2v) is 15.1. The van der Waals surface area contributed by atoms with Crippen LogP contribution in [0.4, 0.5) is 5.69 Å². The van der Waals surface area contributed by atoms with Crippen molar-refractivity contribution in [3.63, 3.8) is 0 Å². The van der Waals surface area contributed by atoms with E-state index in [4.69, 9.17) is 19.9 Å². The Morgan fingerprint density at radius 3 is 1.56 bits per heavy atom. The van der Waals surface area contributed by atoms with Crippen LogP contribution in [0.1, 0.15) is 35.3 Å². The average molecular weight is 744 g/mol. The van der Waals surface area contributed by atoms with E-state index in [1.807, 2.05) is 61.2 Å². The molecular formula is C43H53N9OS. The molecule has 1 unspecified atom stereocenters. The lowest BCUT2D eigenvalue weighted by molar-refractivity contribution is -0.113. The van der Waals surface area contributed by atoms with Crippen LogP contribution < -0.4 is 5.32 Å². The molecule has 1 saturated heterocycles. The topological polar surface area (TPSA) is 93.6 Å². The summed E-state index contributed by atoms with van der Waals surface area (Å²) in [5.74, 6) is 1.42. The lowest BCUT2D eigenvalue weighted by atomic mass is 10.0. The van der Waals surface area contributed by atoms with Crippen LogP contribution in [0.5, 0.6) is 0 Å². The molecule has 0 saturated carbocycles. The molecule has 1 aromatic carbocycles. The second-order valence-electron chi connectivity index (χ2n) is 13.8. The lowest BCUT2D eigenvalue weighted by Crippen LogP contribution is -2.50. The normalized spacial score (nSPS) is 17.0. The minimum absolute atomic E-state index is 0.0352. The number of benzene rings is 1. The molecule has 0 radical (unpaired) electrons. The summed E-state index contributed by atoms with van der Waals surface area (Å²) in [5, 5.41) is 3.06. The van der Waals surface area contributed by atoms with Gasteiger partial charge in [-0.1, -0.05) is 43.3 Å². The molecule has 1 amide bonds. The number of rotatable bonds is 14. The monoisotopic (exact) mass is 743 g/mol. The third-order valence-corrected chi connectivity index (χ3v) is 10.6. The van der Waals surface area contributed by atoms with Gasteiger partial charge in [0.2, 0.25) is 5.91 Å². The van der Waals surface area contributed by atoms with Gasteiger partial charge in [0.25, 0.3) is 0 Å². The van der Waals surface area contributed by atoms with Crippen LogP contribution >= 0.6 is 11.8 Å². The molecule has 282 valence electrons. The van der Waals surface area contributed by atoms with E-state index < -0.39 is 0 Å². The summed E-state index contributed by atoms with van der Waals surface area (Å²) in [6, 6.07) is 33.4. The van der Waals surface area contributed by atoms with Crippen molar-refractivity contribution in [1.29, 1.82) is 0 Å². The Labute approximate surface area is 325 Å². The van der Waals surface area contributed by atoms with Crippen molar-refractivity contribution in [1.82, 2.24) is 39.5 Å². The van der Waals surface area contributed by atoms with Crippen LogP contribution in [0.25, 0.3) is 0 Å². The summed E-state index contributed by atoms with van der Waals surface area (Å²) in [7, 11) is 0. The number of hydrogen-bond acceptors (Lipinski definition) is 10. The predicted molar refractivity (Wildman–Crippen MR) is 219 cm³/mol. The molecule has 4 aromatic heterocycles. The lowest BCUT2D eigenvalue weighted by Gasteiger charge is -2.39. The van der Waals surface area contributed by atoms with E-state index in [1.54, 1.807) is 11.8 Å². The molecule has 1 aliphatic rings. The molecule has 1 fully saturated rings. The van der Waals surface area contributed by atoms with Gasteiger partial charge in [-0.05, 0) is 78.4 Å². The van der Waals surface area contributed by atoms with E-state index in [9.17, 15) is 4.79 Å². The molecule has 6 rings (SSSR count). The average Bonchev–Trinajstić information content (AvgIpc) is 3.21. The van der Waals surface area contributed by atoms with Gasteiger partial charge < -0.3 is 5.32 Å². The van der Waals surface area contributed by atoms with Gasteiger partial charge in [0.15, 0.2) is 0 Å². The van der Waals surface area contributed by atoms with Gasteiger partial charge in [0.05, 0.1) is 28.5 Å². The summed E-state index contributed by atoms with van der Waals surface area (Å²) in [6.07, 6.45) is 8.41. The number of nitrogens with zero attached hydrogens (tertiary/aromatic N) is 8. The fraction of sp³-hybridized carbons (Fsp3) is 0.372. The highest BCUT2D eigenvalue weighted by Gasteiger charge is 2.26. The van der Waals surface area contributed by atoms with Crippen LogP contribution in [0.2, 0.25) is 0 Å². The maximum absolute atomic E-state index is 12.5. The molecule has 1 N–H and O–H groups in total. The first-order valence-corrected chi connectivity index (χ1v) is 20.2. The molecular weight excluding hydrogens is 691 g/mol. The number of carbonyl (C=O) groups excluding carboxylic acids is 1. The van der Waals surface area contributed by atoms with Gasteiger partial charge in [-0.2, -0.15) is 11.8 Å². The maximum atomic E-state index is 12.5. The standard InChI is InChI=1S/C43H53N9OS/c1-2-54-35-43(53)48-37-17-15-36(16-18-37)29-42-34-51(32-40-13-5-9-21-46-40)26-25-49(30-38-11-3-7-19-44-38)23-24-50(31-39-12-4-8-20-45-39)27-28-52(42)33-41-14-6-10-22-47-41/h3-22,42H,2,23-35H2,1H3,(H,48,53). The van der Waals surface area contributed by atoms with Crippen LogP contribution in [-0.4, -0.2) is 109 Å². The number of nitrogens with one attached hydrogen (secondary N) is 1. The highest BCUT2D eigenvalue weighted by Crippen LogP contribution is 2.19. The molecule has 0 spiro atoms. The van der Waals surface area contributed by atoms with Crippen LogP contribution in [-0.2, 0) is 37.4 Å². The van der Waals surface area contributed by atoms with Crippen LogP contribution in [0.15, 0.2) is 122 Å².